The number of nitrogens with zero attached hydrogens (tertiary/aromatic N) is 1. The second kappa shape index (κ2) is 8.97. The molecule has 1 rings (SSSR count). The van der Waals surface area contributed by atoms with Gasteiger partial charge in [0, 0.05) is 26.2 Å². The molecule has 1 saturated heterocycles. The van der Waals surface area contributed by atoms with Gasteiger partial charge in [0.25, 0.3) is 0 Å². The summed E-state index contributed by atoms with van der Waals surface area (Å²) in [6, 6.07) is 0. The van der Waals surface area contributed by atoms with Gasteiger partial charge in [-0.05, 0) is 45.2 Å². The fraction of sp³-hybridized carbons (Fsp3) is 1.00. The highest BCUT2D eigenvalue weighted by molar-refractivity contribution is 4.68. The van der Waals surface area contributed by atoms with Crippen molar-refractivity contribution in [1.29, 1.82) is 0 Å². The summed E-state index contributed by atoms with van der Waals surface area (Å²) in [5, 5.41) is 3.43. The van der Waals surface area contributed by atoms with E-state index in [2.05, 4.69) is 17.1 Å². The van der Waals surface area contributed by atoms with Gasteiger partial charge in [0.05, 0.1) is 6.61 Å². The zero-order valence-electron chi connectivity index (χ0n) is 11.0. The molecule has 16 heavy (non-hydrogen) atoms. The number of rotatable bonds is 7. The Morgan fingerprint density at radius 2 is 2.12 bits per heavy atom. The van der Waals surface area contributed by atoms with Crippen molar-refractivity contribution in [2.45, 2.75) is 33.1 Å². The van der Waals surface area contributed by atoms with Crippen molar-refractivity contribution in [3.05, 3.63) is 0 Å². The molecular formula is C13H28N2O. The molecule has 0 aromatic heterocycles. The molecular weight excluding hydrogens is 200 g/mol. The highest BCUT2D eigenvalue weighted by Gasteiger charge is 2.12. The average molecular weight is 228 g/mol. The number of likely N-dealkylation sites (tertiary alicyclic amines) is 1. The fourth-order valence-electron chi connectivity index (χ4n) is 2.20. The van der Waals surface area contributed by atoms with Crippen LogP contribution >= 0.6 is 0 Å². The van der Waals surface area contributed by atoms with E-state index in [1.165, 1.54) is 38.9 Å². The highest BCUT2D eigenvalue weighted by Crippen LogP contribution is 2.15. The summed E-state index contributed by atoms with van der Waals surface area (Å²) < 4.78 is 5.28. The molecule has 1 heterocycles. The van der Waals surface area contributed by atoms with Gasteiger partial charge in [0.2, 0.25) is 0 Å². The lowest BCUT2D eigenvalue weighted by Crippen LogP contribution is -2.34. The molecule has 1 N–H and O–H groups in total. The van der Waals surface area contributed by atoms with Crippen LogP contribution in [0.15, 0.2) is 0 Å². The van der Waals surface area contributed by atoms with Crippen LogP contribution in [0.2, 0.25) is 0 Å². The smallest absolute Gasteiger partial charge is 0.0590 e. The minimum atomic E-state index is 0.825. The SMILES string of the molecule is CCOCCNCCN1CCCC(C)CC1. The highest BCUT2D eigenvalue weighted by atomic mass is 16.5. The van der Waals surface area contributed by atoms with Crippen molar-refractivity contribution >= 4 is 0 Å². The first-order valence-corrected chi connectivity index (χ1v) is 6.83. The van der Waals surface area contributed by atoms with Crippen molar-refractivity contribution in [3.8, 4) is 0 Å². The van der Waals surface area contributed by atoms with E-state index in [0.717, 1.165) is 32.2 Å². The van der Waals surface area contributed by atoms with E-state index >= 15 is 0 Å². The molecule has 0 spiro atoms. The Hall–Kier alpha value is -0.120. The zero-order chi connectivity index (χ0) is 11.6. The van der Waals surface area contributed by atoms with Gasteiger partial charge >= 0.3 is 0 Å². The number of hydrogen-bond donors (Lipinski definition) is 1. The van der Waals surface area contributed by atoms with E-state index in [0.29, 0.717) is 0 Å². The minimum absolute atomic E-state index is 0.825. The first-order chi connectivity index (χ1) is 7.83. The third-order valence-corrected chi connectivity index (χ3v) is 3.34. The molecule has 0 amide bonds. The molecule has 1 fully saturated rings. The topological polar surface area (TPSA) is 24.5 Å². The maximum Gasteiger partial charge on any atom is 0.0590 e. The normalized spacial score (nSPS) is 23.2. The third-order valence-electron chi connectivity index (χ3n) is 3.34. The molecule has 1 atom stereocenters. The summed E-state index contributed by atoms with van der Waals surface area (Å²) in [4.78, 5) is 2.59. The Bertz CT molecular complexity index is 164. The maximum absolute atomic E-state index is 5.28. The lowest BCUT2D eigenvalue weighted by atomic mass is 10.0. The van der Waals surface area contributed by atoms with Gasteiger partial charge in [-0.25, -0.2) is 0 Å². The molecule has 3 heteroatoms. The van der Waals surface area contributed by atoms with Crippen LogP contribution in [-0.4, -0.2) is 50.8 Å². The summed E-state index contributed by atoms with van der Waals surface area (Å²) in [5.41, 5.74) is 0. The molecule has 1 aliphatic rings. The van der Waals surface area contributed by atoms with E-state index in [1.54, 1.807) is 0 Å². The predicted octanol–water partition coefficient (Wildman–Crippen LogP) is 1.73. The largest absolute Gasteiger partial charge is 0.380 e. The zero-order valence-corrected chi connectivity index (χ0v) is 11.0. The first kappa shape index (κ1) is 13.9. The number of ether oxygens (including phenoxy) is 1. The van der Waals surface area contributed by atoms with Gasteiger partial charge < -0.3 is 15.0 Å². The molecule has 1 aliphatic heterocycles. The van der Waals surface area contributed by atoms with Crippen molar-refractivity contribution in [1.82, 2.24) is 10.2 Å². The Labute approximate surface area is 101 Å². The van der Waals surface area contributed by atoms with Gasteiger partial charge in [0.15, 0.2) is 0 Å². The Kier molecular flexibility index (Phi) is 7.81. The molecule has 0 saturated carbocycles. The summed E-state index contributed by atoms with van der Waals surface area (Å²) >= 11 is 0. The van der Waals surface area contributed by atoms with Crippen LogP contribution in [0, 0.1) is 5.92 Å². The summed E-state index contributed by atoms with van der Waals surface area (Å²) in [7, 11) is 0. The van der Waals surface area contributed by atoms with Crippen molar-refractivity contribution in [2.75, 3.05) is 45.9 Å². The Morgan fingerprint density at radius 3 is 2.94 bits per heavy atom. The molecule has 96 valence electrons. The van der Waals surface area contributed by atoms with E-state index in [-0.39, 0.29) is 0 Å². The molecule has 0 aromatic rings. The number of hydrogen-bond acceptors (Lipinski definition) is 3. The predicted molar refractivity (Wildman–Crippen MR) is 68.8 cm³/mol. The minimum Gasteiger partial charge on any atom is -0.380 e. The molecule has 0 radical (unpaired) electrons. The summed E-state index contributed by atoms with van der Waals surface area (Å²) in [6.07, 6.45) is 4.16. The van der Waals surface area contributed by atoms with Gasteiger partial charge in [-0.2, -0.15) is 0 Å². The van der Waals surface area contributed by atoms with Crippen LogP contribution in [0.3, 0.4) is 0 Å². The lowest BCUT2D eigenvalue weighted by molar-refractivity contribution is 0.148. The molecule has 0 bridgehead atoms. The average Bonchev–Trinajstić information content (AvgIpc) is 2.49. The first-order valence-electron chi connectivity index (χ1n) is 6.83. The van der Waals surface area contributed by atoms with Crippen molar-refractivity contribution in [3.63, 3.8) is 0 Å². The number of nitrogens with one attached hydrogen (secondary N) is 1. The van der Waals surface area contributed by atoms with Gasteiger partial charge in [-0.1, -0.05) is 6.92 Å². The monoisotopic (exact) mass is 228 g/mol. The van der Waals surface area contributed by atoms with Crippen LogP contribution < -0.4 is 5.32 Å². The molecule has 3 nitrogen and oxygen atoms in total. The van der Waals surface area contributed by atoms with E-state index in [9.17, 15) is 0 Å². The lowest BCUT2D eigenvalue weighted by Gasteiger charge is -2.20. The van der Waals surface area contributed by atoms with Gasteiger partial charge in [-0.15, -0.1) is 0 Å². The van der Waals surface area contributed by atoms with Crippen LogP contribution in [-0.2, 0) is 4.74 Å². The van der Waals surface area contributed by atoms with Crippen LogP contribution in [0.5, 0.6) is 0 Å². The molecule has 0 aromatic carbocycles. The van der Waals surface area contributed by atoms with Gasteiger partial charge in [-0.3, -0.25) is 0 Å². The summed E-state index contributed by atoms with van der Waals surface area (Å²) in [5.74, 6) is 0.927. The van der Waals surface area contributed by atoms with E-state index < -0.39 is 0 Å². The quantitative estimate of drug-likeness (QED) is 0.672. The Morgan fingerprint density at radius 1 is 1.25 bits per heavy atom. The summed E-state index contributed by atoms with van der Waals surface area (Å²) in [6.45, 7) is 11.9. The molecule has 0 aliphatic carbocycles. The second-order valence-corrected chi connectivity index (χ2v) is 4.82. The molecule has 1 unspecified atom stereocenters. The van der Waals surface area contributed by atoms with E-state index in [4.69, 9.17) is 4.74 Å². The van der Waals surface area contributed by atoms with Crippen molar-refractivity contribution < 1.29 is 4.74 Å². The van der Waals surface area contributed by atoms with Gasteiger partial charge in [0.1, 0.15) is 0 Å². The third kappa shape index (κ3) is 6.46. The fourth-order valence-corrected chi connectivity index (χ4v) is 2.20. The van der Waals surface area contributed by atoms with E-state index in [1.807, 2.05) is 6.92 Å². The van der Waals surface area contributed by atoms with Crippen LogP contribution in [0.4, 0.5) is 0 Å². The van der Waals surface area contributed by atoms with Crippen LogP contribution in [0.25, 0.3) is 0 Å². The maximum atomic E-state index is 5.28. The standard InChI is InChI=1S/C13H28N2O/c1-3-16-12-8-14-7-11-15-9-4-5-13(2)6-10-15/h13-14H,3-12H2,1-2H3. The Balaban J connectivity index is 1.95. The second-order valence-electron chi connectivity index (χ2n) is 4.82. The van der Waals surface area contributed by atoms with Crippen LogP contribution in [0.1, 0.15) is 33.1 Å². The van der Waals surface area contributed by atoms with Crippen molar-refractivity contribution in [2.24, 2.45) is 5.92 Å².